The third-order valence-electron chi connectivity index (χ3n) is 6.21. The highest BCUT2D eigenvalue weighted by Crippen LogP contribution is 2.40. The van der Waals surface area contributed by atoms with Crippen LogP contribution in [0.15, 0.2) is 40.9 Å². The SMILES string of the molecule is CC(C)Oc1ccc(-c2nc(-c3cccc4c3CCC4N3CCNCC3)no2)cc1C#N. The third-order valence-corrected chi connectivity index (χ3v) is 6.21. The molecule has 164 valence electrons. The second-order valence-electron chi connectivity index (χ2n) is 8.63. The van der Waals surface area contributed by atoms with Crippen LogP contribution in [-0.4, -0.2) is 47.3 Å². The van der Waals surface area contributed by atoms with Gasteiger partial charge in [-0.2, -0.15) is 10.2 Å². The molecule has 1 fully saturated rings. The molecule has 7 heteroatoms. The van der Waals surface area contributed by atoms with Gasteiger partial charge in [0.2, 0.25) is 5.82 Å². The Kier molecular flexibility index (Phi) is 5.64. The molecular formula is C25H27N5O2. The first-order chi connectivity index (χ1) is 15.6. The molecule has 1 saturated heterocycles. The van der Waals surface area contributed by atoms with E-state index in [0.29, 0.717) is 34.6 Å². The summed E-state index contributed by atoms with van der Waals surface area (Å²) < 4.78 is 11.3. The maximum atomic E-state index is 9.52. The van der Waals surface area contributed by atoms with Crippen LogP contribution in [0.1, 0.15) is 43.0 Å². The molecule has 1 N–H and O–H groups in total. The molecule has 1 atom stereocenters. The number of ether oxygens (including phenoxy) is 1. The summed E-state index contributed by atoms with van der Waals surface area (Å²) in [6.45, 7) is 8.13. The van der Waals surface area contributed by atoms with Crippen molar-refractivity contribution in [1.82, 2.24) is 20.4 Å². The number of nitrogens with zero attached hydrogens (tertiary/aromatic N) is 4. The van der Waals surface area contributed by atoms with E-state index in [9.17, 15) is 5.26 Å². The Bertz CT molecular complexity index is 1160. The lowest BCUT2D eigenvalue weighted by molar-refractivity contribution is 0.173. The van der Waals surface area contributed by atoms with Crippen LogP contribution in [0.25, 0.3) is 22.8 Å². The summed E-state index contributed by atoms with van der Waals surface area (Å²) in [4.78, 5) is 7.26. The number of nitrogens with one attached hydrogen (secondary N) is 1. The van der Waals surface area contributed by atoms with Crippen molar-refractivity contribution in [3.63, 3.8) is 0 Å². The number of benzene rings is 2. The maximum absolute atomic E-state index is 9.52. The number of hydrogen-bond acceptors (Lipinski definition) is 7. The summed E-state index contributed by atoms with van der Waals surface area (Å²) in [5.41, 5.74) is 4.91. The predicted molar refractivity (Wildman–Crippen MR) is 121 cm³/mol. The molecule has 1 aliphatic carbocycles. The average Bonchev–Trinajstić information content (AvgIpc) is 3.47. The first kappa shape index (κ1) is 20.7. The van der Waals surface area contributed by atoms with Crippen LogP contribution in [-0.2, 0) is 6.42 Å². The maximum Gasteiger partial charge on any atom is 0.258 e. The molecule has 0 saturated carbocycles. The molecule has 5 rings (SSSR count). The Morgan fingerprint density at radius 3 is 2.84 bits per heavy atom. The zero-order valence-electron chi connectivity index (χ0n) is 18.5. The highest BCUT2D eigenvalue weighted by Gasteiger charge is 2.31. The molecule has 0 amide bonds. The van der Waals surface area contributed by atoms with Crippen LogP contribution < -0.4 is 10.1 Å². The molecule has 3 aromatic rings. The van der Waals surface area contributed by atoms with Crippen molar-refractivity contribution in [2.75, 3.05) is 26.2 Å². The Hall–Kier alpha value is -3.21. The van der Waals surface area contributed by atoms with Gasteiger partial charge in [0.15, 0.2) is 0 Å². The van der Waals surface area contributed by atoms with Crippen LogP contribution in [0.3, 0.4) is 0 Å². The summed E-state index contributed by atoms with van der Waals surface area (Å²) in [7, 11) is 0. The van der Waals surface area contributed by atoms with Gasteiger partial charge in [-0.1, -0.05) is 23.4 Å². The molecule has 2 aliphatic rings. The number of fused-ring (bicyclic) bond motifs is 1. The second-order valence-corrected chi connectivity index (χ2v) is 8.63. The van der Waals surface area contributed by atoms with E-state index in [-0.39, 0.29) is 6.10 Å². The fraction of sp³-hybridized carbons (Fsp3) is 0.400. The van der Waals surface area contributed by atoms with E-state index >= 15 is 0 Å². The van der Waals surface area contributed by atoms with Crippen LogP contribution in [0.4, 0.5) is 0 Å². The minimum Gasteiger partial charge on any atom is -0.490 e. The molecule has 1 aliphatic heterocycles. The zero-order chi connectivity index (χ0) is 22.1. The van der Waals surface area contributed by atoms with E-state index in [1.807, 2.05) is 19.9 Å². The van der Waals surface area contributed by atoms with Crippen molar-refractivity contribution in [2.24, 2.45) is 0 Å². The first-order valence-electron chi connectivity index (χ1n) is 11.3. The lowest BCUT2D eigenvalue weighted by Gasteiger charge is -2.33. The second kappa shape index (κ2) is 8.73. The predicted octanol–water partition coefficient (Wildman–Crippen LogP) is 3.95. The minimum absolute atomic E-state index is 0.00633. The number of rotatable bonds is 5. The fourth-order valence-electron chi connectivity index (χ4n) is 4.77. The molecule has 32 heavy (non-hydrogen) atoms. The van der Waals surface area contributed by atoms with Gasteiger partial charge >= 0.3 is 0 Å². The van der Waals surface area contributed by atoms with E-state index < -0.39 is 0 Å². The number of aromatic nitrogens is 2. The molecule has 0 radical (unpaired) electrons. The quantitative estimate of drug-likeness (QED) is 0.657. The van der Waals surface area contributed by atoms with Crippen molar-refractivity contribution in [3.8, 4) is 34.7 Å². The largest absolute Gasteiger partial charge is 0.490 e. The van der Waals surface area contributed by atoms with E-state index in [0.717, 1.165) is 44.6 Å². The highest BCUT2D eigenvalue weighted by atomic mass is 16.5. The van der Waals surface area contributed by atoms with Crippen LogP contribution in [0.2, 0.25) is 0 Å². The molecular weight excluding hydrogens is 402 g/mol. The molecule has 1 unspecified atom stereocenters. The molecule has 1 aromatic heterocycles. The minimum atomic E-state index is -0.00633. The van der Waals surface area contributed by atoms with E-state index in [2.05, 4.69) is 44.6 Å². The summed E-state index contributed by atoms with van der Waals surface area (Å²) in [5.74, 6) is 1.56. The van der Waals surface area contributed by atoms with Gasteiger partial charge in [0.1, 0.15) is 11.8 Å². The Labute approximate surface area is 188 Å². The molecule has 0 bridgehead atoms. The van der Waals surface area contributed by atoms with Crippen molar-refractivity contribution in [3.05, 3.63) is 53.1 Å². The molecule has 0 spiro atoms. The van der Waals surface area contributed by atoms with Crippen molar-refractivity contribution >= 4 is 0 Å². The zero-order valence-corrected chi connectivity index (χ0v) is 18.5. The monoisotopic (exact) mass is 429 g/mol. The molecule has 2 aromatic carbocycles. The average molecular weight is 430 g/mol. The van der Waals surface area contributed by atoms with Gasteiger partial charge in [-0.25, -0.2) is 0 Å². The summed E-state index contributed by atoms with van der Waals surface area (Å²) in [6.07, 6.45) is 2.14. The lowest BCUT2D eigenvalue weighted by atomic mass is 10.0. The standard InChI is InChI=1S/C25H27N5O2/c1-16(2)31-23-9-6-17(14-18(23)15-26)25-28-24(29-32-25)21-5-3-4-20-19(21)7-8-22(20)30-12-10-27-11-13-30/h3-6,9,14,16,22,27H,7-8,10-13H2,1-2H3. The highest BCUT2D eigenvalue weighted by molar-refractivity contribution is 5.67. The number of piperazine rings is 1. The van der Waals surface area contributed by atoms with Gasteiger partial charge in [-0.3, -0.25) is 4.90 Å². The van der Waals surface area contributed by atoms with E-state index in [1.165, 1.54) is 11.1 Å². The lowest BCUT2D eigenvalue weighted by Crippen LogP contribution is -2.44. The van der Waals surface area contributed by atoms with Crippen LogP contribution in [0.5, 0.6) is 5.75 Å². The Morgan fingerprint density at radius 2 is 2.06 bits per heavy atom. The van der Waals surface area contributed by atoms with Gasteiger partial charge in [0, 0.05) is 43.3 Å². The number of hydrogen-bond donors (Lipinski definition) is 1. The Balaban J connectivity index is 1.44. The van der Waals surface area contributed by atoms with Gasteiger partial charge < -0.3 is 14.6 Å². The van der Waals surface area contributed by atoms with Crippen LogP contribution in [0, 0.1) is 11.3 Å². The normalized spacial score (nSPS) is 18.5. The van der Waals surface area contributed by atoms with Gasteiger partial charge in [-0.05, 0) is 56.0 Å². The topological polar surface area (TPSA) is 87.2 Å². The first-order valence-corrected chi connectivity index (χ1v) is 11.3. The van der Waals surface area contributed by atoms with Gasteiger partial charge in [0.05, 0.1) is 11.7 Å². The third kappa shape index (κ3) is 3.88. The van der Waals surface area contributed by atoms with Crippen molar-refractivity contribution in [1.29, 1.82) is 5.26 Å². The van der Waals surface area contributed by atoms with Gasteiger partial charge in [0.25, 0.3) is 5.89 Å². The Morgan fingerprint density at radius 1 is 1.22 bits per heavy atom. The van der Waals surface area contributed by atoms with Crippen LogP contribution >= 0.6 is 0 Å². The van der Waals surface area contributed by atoms with Crippen molar-refractivity contribution in [2.45, 2.75) is 38.8 Å². The molecule has 7 nitrogen and oxygen atoms in total. The van der Waals surface area contributed by atoms with Gasteiger partial charge in [-0.15, -0.1) is 0 Å². The van der Waals surface area contributed by atoms with E-state index in [4.69, 9.17) is 9.26 Å². The smallest absolute Gasteiger partial charge is 0.258 e. The van der Waals surface area contributed by atoms with Crippen molar-refractivity contribution < 1.29 is 9.26 Å². The van der Waals surface area contributed by atoms with E-state index in [1.54, 1.807) is 12.1 Å². The summed E-state index contributed by atoms with van der Waals surface area (Å²) >= 11 is 0. The molecule has 2 heterocycles. The fourth-order valence-corrected chi connectivity index (χ4v) is 4.77. The summed E-state index contributed by atoms with van der Waals surface area (Å²) in [5, 5.41) is 17.2. The number of nitriles is 1. The summed E-state index contributed by atoms with van der Waals surface area (Å²) in [6, 6.07) is 14.5.